The molecule has 0 atom stereocenters. The van der Waals surface area contributed by atoms with Crippen LogP contribution in [0.1, 0.15) is 5.56 Å². The van der Waals surface area contributed by atoms with Crippen LogP contribution in [0.2, 0.25) is 0 Å². The molecule has 0 bridgehead atoms. The minimum Gasteiger partial charge on any atom is -0.805 e. The molecule has 0 aliphatic heterocycles. The lowest BCUT2D eigenvalue weighted by atomic mass is 10.2. The van der Waals surface area contributed by atoms with Crippen LogP contribution in [0, 0.1) is 5.21 Å². The van der Waals surface area contributed by atoms with Gasteiger partial charge in [-0.25, -0.2) is 4.98 Å². The summed E-state index contributed by atoms with van der Waals surface area (Å²) in [6.07, 6.45) is 1.25. The van der Waals surface area contributed by atoms with Crippen molar-refractivity contribution in [3.05, 3.63) is 35.3 Å². The summed E-state index contributed by atoms with van der Waals surface area (Å²) in [5, 5.41) is 11.0. The van der Waals surface area contributed by atoms with Crippen molar-refractivity contribution in [2.45, 2.75) is 5.88 Å². The van der Waals surface area contributed by atoms with Gasteiger partial charge < -0.3 is 9.94 Å². The Morgan fingerprint density at radius 3 is 3.08 bits per heavy atom. The Kier molecular flexibility index (Phi) is 1.66. The minimum absolute atomic E-state index is 0.446. The van der Waals surface area contributed by atoms with E-state index in [-0.39, 0.29) is 0 Å². The van der Waals surface area contributed by atoms with Gasteiger partial charge in [-0.2, -0.15) is 0 Å². The lowest BCUT2D eigenvalue weighted by Crippen LogP contribution is -1.82. The fraction of sp³-hybridized carbons (Fsp3) is 0.125. The molecule has 0 unspecified atom stereocenters. The van der Waals surface area contributed by atoms with Crippen molar-refractivity contribution in [2.75, 3.05) is 0 Å². The van der Waals surface area contributed by atoms with Gasteiger partial charge in [-0.05, 0) is 17.7 Å². The average molecular weight is 182 g/mol. The molecule has 1 aromatic heterocycles. The van der Waals surface area contributed by atoms with Gasteiger partial charge in [0.1, 0.15) is 0 Å². The minimum atomic E-state index is 0.446. The first-order chi connectivity index (χ1) is 5.81. The number of aromatic nitrogens is 2. The van der Waals surface area contributed by atoms with Gasteiger partial charge in [-0.15, -0.1) is 11.6 Å². The second-order valence-electron chi connectivity index (χ2n) is 2.53. The second-order valence-corrected chi connectivity index (χ2v) is 2.79. The maximum Gasteiger partial charge on any atom is 0.0911 e. The summed E-state index contributed by atoms with van der Waals surface area (Å²) in [7, 11) is 0. The van der Waals surface area contributed by atoms with Gasteiger partial charge in [0.15, 0.2) is 0 Å². The van der Waals surface area contributed by atoms with Crippen molar-refractivity contribution in [1.82, 2.24) is 9.71 Å². The first-order valence-corrected chi connectivity index (χ1v) is 4.04. The quantitative estimate of drug-likeness (QED) is 0.633. The molecule has 0 N–H and O–H groups in total. The number of fused-ring (bicyclic) bond motifs is 1. The summed E-state index contributed by atoms with van der Waals surface area (Å²) in [6.45, 7) is 0. The fourth-order valence-electron chi connectivity index (χ4n) is 1.12. The van der Waals surface area contributed by atoms with Crippen LogP contribution in [0.15, 0.2) is 24.5 Å². The van der Waals surface area contributed by atoms with Crippen LogP contribution in [0.25, 0.3) is 11.0 Å². The maximum absolute atomic E-state index is 11.0. The normalized spacial score (nSPS) is 10.8. The number of rotatable bonds is 1. The molecule has 2 rings (SSSR count). The van der Waals surface area contributed by atoms with E-state index in [0.717, 1.165) is 10.3 Å². The second kappa shape index (κ2) is 2.68. The van der Waals surface area contributed by atoms with Crippen molar-refractivity contribution in [1.29, 1.82) is 0 Å². The Balaban J connectivity index is 2.69. The SMILES string of the molecule is [O-]n1cnc2cc(CCl)ccc21. The molecule has 1 heterocycles. The van der Waals surface area contributed by atoms with E-state index in [4.69, 9.17) is 11.6 Å². The predicted molar refractivity (Wildman–Crippen MR) is 48.1 cm³/mol. The van der Waals surface area contributed by atoms with Crippen LogP contribution >= 0.6 is 11.6 Å². The standard InChI is InChI=1S/C8H6ClN2O/c9-4-6-1-2-8-7(3-6)10-5-11(8)12/h1-3,5H,4H2/q-1. The fourth-order valence-corrected chi connectivity index (χ4v) is 1.28. The van der Waals surface area contributed by atoms with Crippen LogP contribution < -0.4 is 0 Å². The largest absolute Gasteiger partial charge is 0.805 e. The van der Waals surface area contributed by atoms with Gasteiger partial charge in [-0.3, -0.25) is 0 Å². The van der Waals surface area contributed by atoms with Gasteiger partial charge in [-0.1, -0.05) is 6.07 Å². The van der Waals surface area contributed by atoms with E-state index in [1.54, 1.807) is 6.07 Å². The molecular formula is C8H6ClN2O-. The molecule has 12 heavy (non-hydrogen) atoms. The van der Waals surface area contributed by atoms with Crippen LogP contribution in [0.5, 0.6) is 0 Å². The molecule has 62 valence electrons. The first-order valence-electron chi connectivity index (χ1n) is 3.51. The molecule has 0 spiro atoms. The summed E-state index contributed by atoms with van der Waals surface area (Å²) in [6, 6.07) is 5.37. The highest BCUT2D eigenvalue weighted by Crippen LogP contribution is 2.14. The Morgan fingerprint density at radius 2 is 2.33 bits per heavy atom. The van der Waals surface area contributed by atoms with Crippen molar-refractivity contribution < 1.29 is 0 Å². The summed E-state index contributed by atoms with van der Waals surface area (Å²) in [5.41, 5.74) is 2.26. The molecule has 4 heteroatoms. The highest BCUT2D eigenvalue weighted by molar-refractivity contribution is 6.17. The van der Waals surface area contributed by atoms with Crippen LogP contribution in [0.4, 0.5) is 0 Å². The highest BCUT2D eigenvalue weighted by atomic mass is 35.5. The molecule has 1 aromatic carbocycles. The summed E-state index contributed by atoms with van der Waals surface area (Å²) in [5.74, 6) is 0.446. The number of alkyl halides is 1. The van der Waals surface area contributed by atoms with E-state index < -0.39 is 0 Å². The number of hydrogen-bond donors (Lipinski definition) is 0. The molecule has 0 aliphatic rings. The first kappa shape index (κ1) is 7.43. The zero-order valence-electron chi connectivity index (χ0n) is 6.20. The van der Waals surface area contributed by atoms with Crippen molar-refractivity contribution in [3.8, 4) is 0 Å². The van der Waals surface area contributed by atoms with E-state index in [2.05, 4.69) is 4.98 Å². The van der Waals surface area contributed by atoms with Crippen molar-refractivity contribution in [3.63, 3.8) is 0 Å². The topological polar surface area (TPSA) is 40.9 Å². The third-order valence-electron chi connectivity index (χ3n) is 1.73. The van der Waals surface area contributed by atoms with Gasteiger partial charge in [0, 0.05) is 5.88 Å². The summed E-state index contributed by atoms with van der Waals surface area (Å²) in [4.78, 5) is 3.92. The molecule has 0 saturated carbocycles. The summed E-state index contributed by atoms with van der Waals surface area (Å²) >= 11 is 5.62. The van der Waals surface area contributed by atoms with Gasteiger partial charge in [0.2, 0.25) is 0 Å². The number of nitrogens with zero attached hydrogens (tertiary/aromatic N) is 2. The number of halogens is 1. The third kappa shape index (κ3) is 1.02. The Bertz CT molecular complexity index is 410. The zero-order chi connectivity index (χ0) is 8.55. The lowest BCUT2D eigenvalue weighted by molar-refractivity contribution is 1.11. The monoisotopic (exact) mass is 181 g/mol. The van der Waals surface area contributed by atoms with Crippen molar-refractivity contribution in [2.24, 2.45) is 0 Å². The summed E-state index contributed by atoms with van der Waals surface area (Å²) < 4.78 is 0.743. The van der Waals surface area contributed by atoms with E-state index in [9.17, 15) is 5.21 Å². The number of imidazole rings is 1. The maximum atomic E-state index is 11.0. The molecule has 0 fully saturated rings. The Labute approximate surface area is 74.2 Å². The van der Waals surface area contributed by atoms with E-state index in [1.807, 2.05) is 12.1 Å². The zero-order valence-corrected chi connectivity index (χ0v) is 6.95. The Morgan fingerprint density at radius 1 is 1.50 bits per heavy atom. The molecule has 0 amide bonds. The lowest BCUT2D eigenvalue weighted by Gasteiger charge is -2.05. The van der Waals surface area contributed by atoms with Crippen LogP contribution in [-0.2, 0) is 5.88 Å². The molecule has 2 aromatic rings. The molecule has 0 saturated heterocycles. The average Bonchev–Trinajstić information content (AvgIpc) is 2.47. The number of benzene rings is 1. The van der Waals surface area contributed by atoms with Crippen molar-refractivity contribution >= 4 is 22.6 Å². The van der Waals surface area contributed by atoms with E-state index in [0.29, 0.717) is 16.9 Å². The molecule has 0 radical (unpaired) electrons. The molecule has 3 nitrogen and oxygen atoms in total. The highest BCUT2D eigenvalue weighted by Gasteiger charge is 1.97. The van der Waals surface area contributed by atoms with Crippen LogP contribution in [0.3, 0.4) is 0 Å². The molecular weight excluding hydrogens is 176 g/mol. The van der Waals surface area contributed by atoms with Crippen LogP contribution in [-0.4, -0.2) is 9.71 Å². The third-order valence-corrected chi connectivity index (χ3v) is 2.04. The van der Waals surface area contributed by atoms with E-state index >= 15 is 0 Å². The number of hydrogen-bond acceptors (Lipinski definition) is 2. The van der Waals surface area contributed by atoms with Gasteiger partial charge >= 0.3 is 0 Å². The smallest absolute Gasteiger partial charge is 0.0911 e. The molecule has 0 aliphatic carbocycles. The predicted octanol–water partition coefficient (Wildman–Crippen LogP) is 2.12. The van der Waals surface area contributed by atoms with Gasteiger partial charge in [0.05, 0.1) is 17.4 Å². The van der Waals surface area contributed by atoms with Gasteiger partial charge in [0.25, 0.3) is 0 Å². The van der Waals surface area contributed by atoms with E-state index in [1.165, 1.54) is 6.33 Å². The Hall–Kier alpha value is -1.22.